The molecule has 6 heteroatoms. The predicted octanol–water partition coefficient (Wildman–Crippen LogP) is 3.01. The number of carbonyl (C=O) groups excluding carboxylic acids is 1. The Morgan fingerprint density at radius 3 is 2.95 bits per heavy atom. The quantitative estimate of drug-likeness (QED) is 0.805. The van der Waals surface area contributed by atoms with Crippen LogP contribution in [-0.4, -0.2) is 32.3 Å². The lowest BCUT2D eigenvalue weighted by Gasteiger charge is -2.36. The molecule has 1 aliphatic rings. The van der Waals surface area contributed by atoms with Gasteiger partial charge in [-0.15, -0.1) is 24.0 Å². The summed E-state index contributed by atoms with van der Waals surface area (Å²) < 4.78 is 2.11. The summed E-state index contributed by atoms with van der Waals surface area (Å²) in [6.45, 7) is 5.51. The van der Waals surface area contributed by atoms with Crippen molar-refractivity contribution in [3.05, 3.63) is 18.2 Å². The fraction of sp³-hybridized carbons (Fsp3) is 0.692. The van der Waals surface area contributed by atoms with Crippen molar-refractivity contribution in [2.75, 3.05) is 6.54 Å². The van der Waals surface area contributed by atoms with Crippen LogP contribution in [0.25, 0.3) is 0 Å². The Morgan fingerprint density at radius 2 is 2.32 bits per heavy atom. The van der Waals surface area contributed by atoms with Crippen molar-refractivity contribution in [1.82, 2.24) is 14.5 Å². The van der Waals surface area contributed by atoms with Gasteiger partial charge in [-0.2, -0.15) is 0 Å². The van der Waals surface area contributed by atoms with Gasteiger partial charge in [-0.1, -0.05) is 0 Å². The van der Waals surface area contributed by atoms with Gasteiger partial charge in [0, 0.05) is 13.1 Å². The summed E-state index contributed by atoms with van der Waals surface area (Å²) in [7, 11) is 0. The Balaban J connectivity index is 0.00000180. The Bertz CT molecular complexity index is 420. The van der Waals surface area contributed by atoms with E-state index in [1.54, 1.807) is 6.92 Å². The topological polar surface area (TPSA) is 38.1 Å². The molecule has 2 heterocycles. The standard InChI is InChI=1S/C13H20ClN3O.ClH/c1-3-16-9-15-8-12(16)11-6-4-5-7-17(11)13(18)10(2)14;/h8-11H,3-7H2,1-2H3;1H. The second kappa shape index (κ2) is 7.15. The number of halogens is 2. The number of piperidine rings is 1. The highest BCUT2D eigenvalue weighted by Gasteiger charge is 2.31. The summed E-state index contributed by atoms with van der Waals surface area (Å²) in [5.74, 6) is 0.0326. The summed E-state index contributed by atoms with van der Waals surface area (Å²) in [5.41, 5.74) is 1.13. The molecule has 0 aliphatic carbocycles. The third-order valence-electron chi connectivity index (χ3n) is 3.55. The first-order valence-corrected chi connectivity index (χ1v) is 7.03. The van der Waals surface area contributed by atoms with E-state index in [2.05, 4.69) is 16.5 Å². The molecule has 1 fully saturated rings. The third kappa shape index (κ3) is 3.42. The number of hydrogen-bond donors (Lipinski definition) is 0. The molecule has 1 aromatic heterocycles. The monoisotopic (exact) mass is 305 g/mol. The average molecular weight is 306 g/mol. The fourth-order valence-corrected chi connectivity index (χ4v) is 2.73. The zero-order valence-electron chi connectivity index (χ0n) is 11.4. The molecule has 4 nitrogen and oxygen atoms in total. The van der Waals surface area contributed by atoms with Crippen LogP contribution in [0, 0.1) is 0 Å². The highest BCUT2D eigenvalue weighted by Crippen LogP contribution is 2.31. The fourth-order valence-electron chi connectivity index (χ4n) is 2.60. The maximum Gasteiger partial charge on any atom is 0.240 e. The number of aromatic nitrogens is 2. The molecule has 0 aromatic carbocycles. The third-order valence-corrected chi connectivity index (χ3v) is 3.74. The van der Waals surface area contributed by atoms with E-state index in [1.807, 2.05) is 17.4 Å². The second-order valence-electron chi connectivity index (χ2n) is 4.76. The lowest BCUT2D eigenvalue weighted by Crippen LogP contribution is -2.42. The van der Waals surface area contributed by atoms with Crippen molar-refractivity contribution in [2.45, 2.75) is 51.1 Å². The van der Waals surface area contributed by atoms with E-state index in [4.69, 9.17) is 11.6 Å². The summed E-state index contributed by atoms with van der Waals surface area (Å²) in [4.78, 5) is 18.3. The molecule has 1 aliphatic heterocycles. The number of imidazole rings is 1. The number of amides is 1. The van der Waals surface area contributed by atoms with Crippen LogP contribution in [0.15, 0.2) is 12.5 Å². The van der Waals surface area contributed by atoms with Crippen molar-refractivity contribution in [1.29, 1.82) is 0 Å². The van der Waals surface area contributed by atoms with Gasteiger partial charge >= 0.3 is 0 Å². The highest BCUT2D eigenvalue weighted by molar-refractivity contribution is 6.30. The van der Waals surface area contributed by atoms with Crippen molar-refractivity contribution in [2.24, 2.45) is 0 Å². The SMILES string of the molecule is CCn1cncc1C1CCCCN1C(=O)C(C)Cl.Cl. The first-order chi connectivity index (χ1) is 8.65. The van der Waals surface area contributed by atoms with Crippen molar-refractivity contribution in [3.8, 4) is 0 Å². The predicted molar refractivity (Wildman–Crippen MR) is 78.8 cm³/mol. The molecule has 2 unspecified atom stereocenters. The Kier molecular flexibility index (Phi) is 6.14. The van der Waals surface area contributed by atoms with Crippen molar-refractivity contribution >= 4 is 29.9 Å². The molecule has 2 rings (SSSR count). The summed E-state index contributed by atoms with van der Waals surface area (Å²) in [6.07, 6.45) is 6.92. The van der Waals surface area contributed by atoms with E-state index in [0.29, 0.717) is 0 Å². The lowest BCUT2D eigenvalue weighted by molar-refractivity contribution is -0.134. The molecular weight excluding hydrogens is 285 g/mol. The Labute approximate surface area is 125 Å². The zero-order chi connectivity index (χ0) is 13.1. The van der Waals surface area contributed by atoms with Gasteiger partial charge in [-0.3, -0.25) is 4.79 Å². The number of alkyl halides is 1. The molecule has 19 heavy (non-hydrogen) atoms. The minimum atomic E-state index is -0.455. The molecule has 108 valence electrons. The molecule has 0 saturated carbocycles. The molecular formula is C13H21Cl2N3O. The number of aryl methyl sites for hydroxylation is 1. The first-order valence-electron chi connectivity index (χ1n) is 6.59. The van der Waals surface area contributed by atoms with Crippen LogP contribution in [-0.2, 0) is 11.3 Å². The van der Waals surface area contributed by atoms with Crippen LogP contribution in [0.3, 0.4) is 0 Å². The van der Waals surface area contributed by atoms with Crippen LogP contribution >= 0.6 is 24.0 Å². The summed E-state index contributed by atoms with van der Waals surface area (Å²) in [5, 5.41) is -0.455. The van der Waals surface area contributed by atoms with E-state index in [-0.39, 0.29) is 24.4 Å². The lowest BCUT2D eigenvalue weighted by atomic mass is 9.99. The number of carbonyl (C=O) groups is 1. The highest BCUT2D eigenvalue weighted by atomic mass is 35.5. The summed E-state index contributed by atoms with van der Waals surface area (Å²) >= 11 is 5.95. The average Bonchev–Trinajstić information content (AvgIpc) is 2.85. The van der Waals surface area contributed by atoms with E-state index in [1.165, 1.54) is 0 Å². The van der Waals surface area contributed by atoms with Crippen LogP contribution < -0.4 is 0 Å². The number of hydrogen-bond acceptors (Lipinski definition) is 2. The van der Waals surface area contributed by atoms with Gasteiger partial charge in [0.15, 0.2) is 0 Å². The van der Waals surface area contributed by atoms with Gasteiger partial charge in [-0.25, -0.2) is 4.98 Å². The molecule has 0 N–H and O–H groups in total. The smallest absolute Gasteiger partial charge is 0.240 e. The van der Waals surface area contributed by atoms with Gasteiger partial charge in [0.2, 0.25) is 5.91 Å². The van der Waals surface area contributed by atoms with Gasteiger partial charge in [-0.05, 0) is 33.1 Å². The van der Waals surface area contributed by atoms with Gasteiger partial charge in [0.05, 0.1) is 24.3 Å². The van der Waals surface area contributed by atoms with Gasteiger partial charge in [0.25, 0.3) is 0 Å². The number of rotatable bonds is 3. The summed E-state index contributed by atoms with van der Waals surface area (Å²) in [6, 6.07) is 0.134. The molecule has 1 amide bonds. The maximum atomic E-state index is 12.2. The molecule has 1 aromatic rings. The van der Waals surface area contributed by atoms with Crippen LogP contribution in [0.1, 0.15) is 44.8 Å². The molecule has 0 spiro atoms. The minimum Gasteiger partial charge on any atom is -0.333 e. The zero-order valence-corrected chi connectivity index (χ0v) is 13.0. The van der Waals surface area contributed by atoms with Gasteiger partial charge < -0.3 is 9.47 Å². The van der Waals surface area contributed by atoms with Crippen LogP contribution in [0.4, 0.5) is 0 Å². The maximum absolute atomic E-state index is 12.2. The van der Waals surface area contributed by atoms with E-state index < -0.39 is 5.38 Å². The van der Waals surface area contributed by atoms with Crippen LogP contribution in [0.2, 0.25) is 0 Å². The first kappa shape index (κ1) is 16.3. The number of likely N-dealkylation sites (tertiary alicyclic amines) is 1. The van der Waals surface area contributed by atoms with Gasteiger partial charge in [0.1, 0.15) is 5.38 Å². The normalized spacial score (nSPS) is 20.8. The number of nitrogens with zero attached hydrogens (tertiary/aromatic N) is 3. The minimum absolute atomic E-state index is 0. The van der Waals surface area contributed by atoms with Crippen molar-refractivity contribution in [3.63, 3.8) is 0 Å². The molecule has 1 saturated heterocycles. The molecule has 0 bridgehead atoms. The van der Waals surface area contributed by atoms with Crippen LogP contribution in [0.5, 0.6) is 0 Å². The van der Waals surface area contributed by atoms with E-state index in [9.17, 15) is 4.79 Å². The van der Waals surface area contributed by atoms with E-state index in [0.717, 1.165) is 38.0 Å². The van der Waals surface area contributed by atoms with E-state index >= 15 is 0 Å². The largest absolute Gasteiger partial charge is 0.333 e. The Hall–Kier alpha value is -0.740. The van der Waals surface area contributed by atoms with Crippen molar-refractivity contribution < 1.29 is 4.79 Å². The molecule has 2 atom stereocenters. The Morgan fingerprint density at radius 1 is 1.58 bits per heavy atom. The molecule has 0 radical (unpaired) electrons. The second-order valence-corrected chi connectivity index (χ2v) is 5.42.